The second-order valence-electron chi connectivity index (χ2n) is 3.94. The van der Waals surface area contributed by atoms with Crippen LogP contribution in [0.15, 0.2) is 55.8 Å². The molecule has 0 aliphatic heterocycles. The highest BCUT2D eigenvalue weighted by Gasteiger charge is 2.11. The molecule has 0 radical (unpaired) electrons. The van der Waals surface area contributed by atoms with Gasteiger partial charge in [0.25, 0.3) is 0 Å². The van der Waals surface area contributed by atoms with Gasteiger partial charge in [-0.3, -0.25) is 0 Å². The summed E-state index contributed by atoms with van der Waals surface area (Å²) in [6, 6.07) is 13.5. The van der Waals surface area contributed by atoms with Crippen molar-refractivity contribution in [1.82, 2.24) is 0 Å². The van der Waals surface area contributed by atoms with Crippen molar-refractivity contribution in [3.8, 4) is 17.1 Å². The fraction of sp³-hybridized carbons (Fsp3) is 0. The summed E-state index contributed by atoms with van der Waals surface area (Å²) in [5.74, 6) is 0.965. The second kappa shape index (κ2) is 4.44. The first-order chi connectivity index (χ1) is 8.65. The average Bonchev–Trinajstić information content (AvgIpc) is 2.79. The molecule has 18 heavy (non-hydrogen) atoms. The lowest BCUT2D eigenvalue weighted by Crippen LogP contribution is -1.77. The molecular formula is C14H8Br2O2. The van der Waals surface area contributed by atoms with Crippen LogP contribution in [0.4, 0.5) is 0 Å². The Morgan fingerprint density at radius 3 is 2.28 bits per heavy atom. The molecule has 1 N–H and O–H groups in total. The topological polar surface area (TPSA) is 33.4 Å². The number of fused-ring (bicyclic) bond motifs is 1. The molecule has 0 fully saturated rings. The molecule has 90 valence electrons. The zero-order valence-corrected chi connectivity index (χ0v) is 12.3. The molecule has 1 heterocycles. The van der Waals surface area contributed by atoms with E-state index in [2.05, 4.69) is 31.9 Å². The van der Waals surface area contributed by atoms with Gasteiger partial charge in [0.2, 0.25) is 0 Å². The van der Waals surface area contributed by atoms with Gasteiger partial charge in [0, 0.05) is 10.9 Å². The molecule has 0 spiro atoms. The number of aromatic hydroxyl groups is 1. The van der Waals surface area contributed by atoms with Gasteiger partial charge in [-0.05, 0) is 56.1 Å². The van der Waals surface area contributed by atoms with E-state index in [1.54, 1.807) is 0 Å². The van der Waals surface area contributed by atoms with Crippen molar-refractivity contribution in [3.05, 3.63) is 51.4 Å². The van der Waals surface area contributed by atoms with E-state index in [4.69, 9.17) is 4.42 Å². The number of hydrogen-bond acceptors (Lipinski definition) is 2. The summed E-state index contributed by atoms with van der Waals surface area (Å²) in [5.41, 5.74) is 1.76. The predicted octanol–water partition coefficient (Wildman–Crippen LogP) is 5.33. The largest absolute Gasteiger partial charge is 0.506 e. The van der Waals surface area contributed by atoms with Crippen LogP contribution in [0.25, 0.3) is 22.3 Å². The van der Waals surface area contributed by atoms with Crippen molar-refractivity contribution in [1.29, 1.82) is 0 Å². The standard InChI is InChI=1S/C14H8Br2O2/c15-10-5-9(6-11(16)14(10)17)13-7-8-3-1-2-4-12(8)18-13/h1-7,17H. The summed E-state index contributed by atoms with van der Waals surface area (Å²) in [4.78, 5) is 0. The Hall–Kier alpha value is -1.26. The van der Waals surface area contributed by atoms with Crippen molar-refractivity contribution < 1.29 is 9.52 Å². The van der Waals surface area contributed by atoms with Gasteiger partial charge in [0.15, 0.2) is 0 Å². The third-order valence-electron chi connectivity index (χ3n) is 2.73. The van der Waals surface area contributed by atoms with E-state index >= 15 is 0 Å². The number of halogens is 2. The minimum absolute atomic E-state index is 0.190. The molecule has 0 unspecified atom stereocenters. The SMILES string of the molecule is Oc1c(Br)cc(-c2cc3ccccc3o2)cc1Br. The fourth-order valence-electron chi connectivity index (χ4n) is 1.83. The Labute approximate surface area is 120 Å². The zero-order chi connectivity index (χ0) is 12.7. The molecule has 0 aliphatic rings. The molecule has 1 aromatic heterocycles. The van der Waals surface area contributed by atoms with E-state index in [9.17, 15) is 5.11 Å². The van der Waals surface area contributed by atoms with Crippen molar-refractivity contribution in [2.24, 2.45) is 0 Å². The van der Waals surface area contributed by atoms with Gasteiger partial charge < -0.3 is 9.52 Å². The normalized spacial score (nSPS) is 11.0. The number of para-hydroxylation sites is 1. The lowest BCUT2D eigenvalue weighted by atomic mass is 10.1. The van der Waals surface area contributed by atoms with Crippen molar-refractivity contribution in [2.45, 2.75) is 0 Å². The summed E-state index contributed by atoms with van der Waals surface area (Å²) in [6.45, 7) is 0. The van der Waals surface area contributed by atoms with Crippen LogP contribution in [-0.4, -0.2) is 5.11 Å². The highest BCUT2D eigenvalue weighted by Crippen LogP contribution is 2.38. The Balaban J connectivity index is 2.20. The molecule has 0 aliphatic carbocycles. The van der Waals surface area contributed by atoms with Crippen molar-refractivity contribution in [2.75, 3.05) is 0 Å². The molecule has 3 rings (SSSR count). The zero-order valence-electron chi connectivity index (χ0n) is 9.15. The Morgan fingerprint density at radius 2 is 1.61 bits per heavy atom. The minimum atomic E-state index is 0.190. The van der Waals surface area contributed by atoms with Crippen LogP contribution < -0.4 is 0 Å². The lowest BCUT2D eigenvalue weighted by Gasteiger charge is -2.03. The maximum atomic E-state index is 9.69. The molecule has 0 saturated carbocycles. The summed E-state index contributed by atoms with van der Waals surface area (Å²) in [7, 11) is 0. The maximum absolute atomic E-state index is 9.69. The van der Waals surface area contributed by atoms with Gasteiger partial charge in [-0.2, -0.15) is 0 Å². The average molecular weight is 368 g/mol. The Bertz CT molecular complexity index is 675. The molecule has 0 amide bonds. The molecule has 2 aromatic carbocycles. The highest BCUT2D eigenvalue weighted by molar-refractivity contribution is 9.11. The van der Waals surface area contributed by atoms with Crippen molar-refractivity contribution >= 4 is 42.8 Å². The molecule has 0 saturated heterocycles. The monoisotopic (exact) mass is 366 g/mol. The molecule has 4 heteroatoms. The lowest BCUT2D eigenvalue weighted by molar-refractivity contribution is 0.468. The number of phenolic OH excluding ortho intramolecular Hbond substituents is 1. The van der Waals surface area contributed by atoms with E-state index in [0.29, 0.717) is 8.95 Å². The van der Waals surface area contributed by atoms with Gasteiger partial charge >= 0.3 is 0 Å². The molecular weight excluding hydrogens is 360 g/mol. The van der Waals surface area contributed by atoms with Gasteiger partial charge in [-0.1, -0.05) is 18.2 Å². The van der Waals surface area contributed by atoms with E-state index in [-0.39, 0.29) is 5.75 Å². The first-order valence-corrected chi connectivity index (χ1v) is 6.91. The molecule has 2 nitrogen and oxygen atoms in total. The van der Waals surface area contributed by atoms with Gasteiger partial charge in [0.1, 0.15) is 17.1 Å². The summed E-state index contributed by atoms with van der Waals surface area (Å²) >= 11 is 6.63. The molecule has 0 bridgehead atoms. The van der Waals surface area contributed by atoms with Crippen LogP contribution >= 0.6 is 31.9 Å². The summed E-state index contributed by atoms with van der Waals surface area (Å²) < 4.78 is 7.04. The quantitative estimate of drug-likeness (QED) is 0.630. The first-order valence-electron chi connectivity index (χ1n) is 5.32. The number of furan rings is 1. The van der Waals surface area contributed by atoms with Crippen LogP contribution in [-0.2, 0) is 0 Å². The van der Waals surface area contributed by atoms with E-state index in [1.807, 2.05) is 42.5 Å². The second-order valence-corrected chi connectivity index (χ2v) is 5.65. The molecule has 0 atom stereocenters. The van der Waals surface area contributed by atoms with Gasteiger partial charge in [-0.15, -0.1) is 0 Å². The number of phenols is 1. The van der Waals surface area contributed by atoms with Crippen LogP contribution in [0.3, 0.4) is 0 Å². The fourth-order valence-corrected chi connectivity index (χ4v) is 3.02. The Kier molecular flexibility index (Phi) is 2.92. The first kappa shape index (κ1) is 11.8. The van der Waals surface area contributed by atoms with E-state index in [0.717, 1.165) is 22.3 Å². The van der Waals surface area contributed by atoms with E-state index < -0.39 is 0 Å². The minimum Gasteiger partial charge on any atom is -0.506 e. The number of hydrogen-bond donors (Lipinski definition) is 1. The summed E-state index contributed by atoms with van der Waals surface area (Å²) in [5, 5.41) is 10.8. The van der Waals surface area contributed by atoms with E-state index in [1.165, 1.54) is 0 Å². The van der Waals surface area contributed by atoms with Crippen molar-refractivity contribution in [3.63, 3.8) is 0 Å². The summed E-state index contributed by atoms with van der Waals surface area (Å²) in [6.07, 6.45) is 0. The number of rotatable bonds is 1. The third-order valence-corrected chi connectivity index (χ3v) is 3.94. The molecule has 3 aromatic rings. The highest BCUT2D eigenvalue weighted by atomic mass is 79.9. The number of benzene rings is 2. The van der Waals surface area contributed by atoms with Gasteiger partial charge in [-0.25, -0.2) is 0 Å². The van der Waals surface area contributed by atoms with Crippen LogP contribution in [0.2, 0.25) is 0 Å². The van der Waals surface area contributed by atoms with Crippen LogP contribution in [0, 0.1) is 0 Å². The smallest absolute Gasteiger partial charge is 0.143 e. The van der Waals surface area contributed by atoms with Gasteiger partial charge in [0.05, 0.1) is 8.95 Å². The maximum Gasteiger partial charge on any atom is 0.143 e. The predicted molar refractivity (Wildman–Crippen MR) is 78.7 cm³/mol. The third kappa shape index (κ3) is 1.95. The Morgan fingerprint density at radius 1 is 0.944 bits per heavy atom. The van der Waals surface area contributed by atoms with Crippen LogP contribution in [0.5, 0.6) is 5.75 Å². The van der Waals surface area contributed by atoms with Crippen LogP contribution in [0.1, 0.15) is 0 Å².